The molecule has 0 aromatic rings. The van der Waals surface area contributed by atoms with Crippen molar-refractivity contribution in [2.45, 2.75) is 142 Å². The molecule has 1 fully saturated rings. The number of aliphatic carboxylic acids is 1. The Bertz CT molecular complexity index is 463. The quantitative estimate of drug-likeness (QED) is 0.140. The molecular formula is C28H50O2. The Morgan fingerprint density at radius 2 is 1.30 bits per heavy atom. The molecule has 0 heterocycles. The second kappa shape index (κ2) is 19.9. The van der Waals surface area contributed by atoms with Crippen LogP contribution < -0.4 is 0 Å². The van der Waals surface area contributed by atoms with E-state index in [0.29, 0.717) is 0 Å². The summed E-state index contributed by atoms with van der Waals surface area (Å²) in [6, 6.07) is 0. The zero-order chi connectivity index (χ0) is 21.7. The van der Waals surface area contributed by atoms with Crippen molar-refractivity contribution in [3.8, 4) is 0 Å². The van der Waals surface area contributed by atoms with E-state index < -0.39 is 5.97 Å². The average molecular weight is 419 g/mol. The van der Waals surface area contributed by atoms with E-state index in [1.54, 1.807) is 5.57 Å². The lowest BCUT2D eigenvalue weighted by atomic mass is 10.0. The lowest BCUT2D eigenvalue weighted by Crippen LogP contribution is -1.92. The third kappa shape index (κ3) is 17.8. The average Bonchev–Trinajstić information content (AvgIpc) is 3.48. The minimum absolute atomic E-state index is 0.287. The van der Waals surface area contributed by atoms with Gasteiger partial charge in [0.25, 0.3) is 0 Å². The summed E-state index contributed by atoms with van der Waals surface area (Å²) in [6.07, 6.45) is 33.9. The molecule has 1 aliphatic carbocycles. The monoisotopic (exact) mass is 418 g/mol. The molecule has 0 spiro atoms. The largest absolute Gasteiger partial charge is 0.481 e. The minimum Gasteiger partial charge on any atom is -0.481 e. The molecule has 30 heavy (non-hydrogen) atoms. The molecule has 0 amide bonds. The number of hydrogen-bond acceptors (Lipinski definition) is 1. The van der Waals surface area contributed by atoms with Crippen LogP contribution in [-0.4, -0.2) is 11.1 Å². The Morgan fingerprint density at radius 3 is 1.87 bits per heavy atom. The summed E-state index contributed by atoms with van der Waals surface area (Å²) in [5, 5.41) is 8.59. The summed E-state index contributed by atoms with van der Waals surface area (Å²) >= 11 is 0. The number of carboxylic acid groups (broad SMARTS) is 1. The van der Waals surface area contributed by atoms with Gasteiger partial charge in [-0.2, -0.15) is 0 Å². The highest BCUT2D eigenvalue weighted by atomic mass is 16.4. The van der Waals surface area contributed by atoms with E-state index in [1.807, 2.05) is 0 Å². The van der Waals surface area contributed by atoms with Crippen molar-refractivity contribution in [2.24, 2.45) is 5.92 Å². The van der Waals surface area contributed by atoms with Crippen molar-refractivity contribution < 1.29 is 9.90 Å². The first-order valence-electron chi connectivity index (χ1n) is 13.3. The van der Waals surface area contributed by atoms with E-state index in [-0.39, 0.29) is 6.42 Å². The molecule has 1 N–H and O–H groups in total. The van der Waals surface area contributed by atoms with Crippen LogP contribution in [0.15, 0.2) is 23.8 Å². The van der Waals surface area contributed by atoms with E-state index in [4.69, 9.17) is 5.11 Å². The summed E-state index contributed by atoms with van der Waals surface area (Å²) < 4.78 is 0. The summed E-state index contributed by atoms with van der Waals surface area (Å²) in [5.74, 6) is 0.216. The number of carbonyl (C=O) groups is 1. The molecule has 0 saturated heterocycles. The van der Waals surface area contributed by atoms with Crippen LogP contribution in [0, 0.1) is 5.92 Å². The third-order valence-corrected chi connectivity index (χ3v) is 6.42. The highest BCUT2D eigenvalue weighted by Crippen LogP contribution is 2.42. The SMILES string of the molecule is CCCCCCCCCCCCCCCC[C@@H]1C/C1=C\CC/C=C/CCCC(=O)O. The van der Waals surface area contributed by atoms with Gasteiger partial charge >= 0.3 is 5.97 Å². The van der Waals surface area contributed by atoms with Crippen molar-refractivity contribution >= 4 is 5.97 Å². The van der Waals surface area contributed by atoms with Crippen LogP contribution in [0.25, 0.3) is 0 Å². The van der Waals surface area contributed by atoms with Gasteiger partial charge in [0.1, 0.15) is 0 Å². The smallest absolute Gasteiger partial charge is 0.303 e. The van der Waals surface area contributed by atoms with Gasteiger partial charge in [-0.25, -0.2) is 0 Å². The molecule has 0 aromatic carbocycles. The Labute approximate surface area is 187 Å². The Hall–Kier alpha value is -1.05. The van der Waals surface area contributed by atoms with Crippen LogP contribution in [0.1, 0.15) is 142 Å². The number of allylic oxidation sites excluding steroid dienone is 4. The topological polar surface area (TPSA) is 37.3 Å². The van der Waals surface area contributed by atoms with E-state index in [2.05, 4.69) is 25.2 Å². The van der Waals surface area contributed by atoms with Crippen LogP contribution in [-0.2, 0) is 4.79 Å². The first-order chi connectivity index (χ1) is 14.7. The van der Waals surface area contributed by atoms with Gasteiger partial charge in [-0.05, 0) is 44.4 Å². The van der Waals surface area contributed by atoms with Gasteiger partial charge in [0.05, 0.1) is 0 Å². The van der Waals surface area contributed by atoms with Gasteiger partial charge in [0, 0.05) is 6.42 Å². The van der Waals surface area contributed by atoms with Crippen molar-refractivity contribution in [1.29, 1.82) is 0 Å². The lowest BCUT2D eigenvalue weighted by molar-refractivity contribution is -0.137. The fourth-order valence-electron chi connectivity index (χ4n) is 4.32. The fraction of sp³-hybridized carbons (Fsp3) is 0.821. The van der Waals surface area contributed by atoms with Gasteiger partial charge in [0.2, 0.25) is 0 Å². The molecule has 1 saturated carbocycles. The maximum atomic E-state index is 10.4. The van der Waals surface area contributed by atoms with Crippen LogP contribution in [0.4, 0.5) is 0 Å². The van der Waals surface area contributed by atoms with E-state index >= 15 is 0 Å². The van der Waals surface area contributed by atoms with Gasteiger partial charge < -0.3 is 5.11 Å². The van der Waals surface area contributed by atoms with Gasteiger partial charge in [-0.3, -0.25) is 4.79 Å². The van der Waals surface area contributed by atoms with E-state index in [1.165, 1.54) is 103 Å². The molecule has 1 atom stereocenters. The molecule has 174 valence electrons. The molecule has 1 rings (SSSR count). The molecule has 0 bridgehead atoms. The fourth-order valence-corrected chi connectivity index (χ4v) is 4.32. The molecule has 1 aliphatic rings. The van der Waals surface area contributed by atoms with Crippen molar-refractivity contribution in [3.05, 3.63) is 23.8 Å². The van der Waals surface area contributed by atoms with Crippen LogP contribution in [0.2, 0.25) is 0 Å². The van der Waals surface area contributed by atoms with Crippen molar-refractivity contribution in [3.63, 3.8) is 0 Å². The first-order valence-corrected chi connectivity index (χ1v) is 13.3. The number of hydrogen-bond donors (Lipinski definition) is 1. The number of rotatable bonds is 22. The Balaban J connectivity index is 1.78. The summed E-state index contributed by atoms with van der Waals surface area (Å²) in [7, 11) is 0. The van der Waals surface area contributed by atoms with Crippen molar-refractivity contribution in [1.82, 2.24) is 0 Å². The summed E-state index contributed by atoms with van der Waals surface area (Å²) in [5.41, 5.74) is 1.70. The van der Waals surface area contributed by atoms with Crippen LogP contribution >= 0.6 is 0 Å². The summed E-state index contributed by atoms with van der Waals surface area (Å²) in [4.78, 5) is 10.4. The number of carboxylic acids is 1. The molecular weight excluding hydrogens is 368 g/mol. The molecule has 2 heteroatoms. The molecule has 0 radical (unpaired) electrons. The standard InChI is InChI=1S/C28H50O2/c1-2-3-4-5-6-7-8-9-10-11-12-13-16-19-22-26-25-27(26)23-20-17-14-15-18-21-24-28(29)30/h14-15,23,26H,2-13,16-22,24-25H2,1H3,(H,29,30)/b15-14+,27-23+/t26-/m1/s1. The third-order valence-electron chi connectivity index (χ3n) is 6.42. The maximum absolute atomic E-state index is 10.4. The zero-order valence-corrected chi connectivity index (χ0v) is 20.0. The predicted molar refractivity (Wildman–Crippen MR) is 131 cm³/mol. The first kappa shape index (κ1) is 27.0. The van der Waals surface area contributed by atoms with Gasteiger partial charge in [-0.1, -0.05) is 121 Å². The van der Waals surface area contributed by atoms with Crippen LogP contribution in [0.5, 0.6) is 0 Å². The highest BCUT2D eigenvalue weighted by Gasteiger charge is 2.27. The molecule has 0 aliphatic heterocycles. The molecule has 0 aromatic heterocycles. The second-order valence-electron chi connectivity index (χ2n) is 9.40. The maximum Gasteiger partial charge on any atom is 0.303 e. The minimum atomic E-state index is -0.688. The Kier molecular flexibility index (Phi) is 17.9. The van der Waals surface area contributed by atoms with E-state index in [0.717, 1.165) is 31.6 Å². The second-order valence-corrected chi connectivity index (χ2v) is 9.40. The van der Waals surface area contributed by atoms with Crippen molar-refractivity contribution in [2.75, 3.05) is 0 Å². The normalized spacial score (nSPS) is 17.2. The highest BCUT2D eigenvalue weighted by molar-refractivity contribution is 5.66. The Morgan fingerprint density at radius 1 is 0.767 bits per heavy atom. The predicted octanol–water partition coefficient (Wildman–Crippen LogP) is 9.40. The lowest BCUT2D eigenvalue weighted by Gasteiger charge is -2.03. The number of unbranched alkanes of at least 4 members (excludes halogenated alkanes) is 15. The zero-order valence-electron chi connectivity index (χ0n) is 20.0. The van der Waals surface area contributed by atoms with E-state index in [9.17, 15) is 4.79 Å². The van der Waals surface area contributed by atoms with Gasteiger partial charge in [-0.15, -0.1) is 0 Å². The van der Waals surface area contributed by atoms with Gasteiger partial charge in [0.15, 0.2) is 0 Å². The van der Waals surface area contributed by atoms with Crippen LogP contribution in [0.3, 0.4) is 0 Å². The molecule has 2 nitrogen and oxygen atoms in total. The molecule has 0 unspecified atom stereocenters. The summed E-state index contributed by atoms with van der Waals surface area (Å²) in [6.45, 7) is 2.29.